The van der Waals surface area contributed by atoms with Crippen LogP contribution in [0.15, 0.2) is 34.6 Å². The lowest BCUT2D eigenvalue weighted by atomic mass is 9.94. The van der Waals surface area contributed by atoms with E-state index in [1.807, 2.05) is 12.4 Å². The van der Waals surface area contributed by atoms with Gasteiger partial charge in [-0.15, -0.1) is 0 Å². The molecule has 0 rings (SSSR count). The molecule has 0 saturated heterocycles. The SMILES string of the molecule is CCCCC=CCON=CCCCCCCCCC(CCCCCCCCC=NOCC=CCCCC)OC(=O)CC(C)CC(C)CN(C)C. The highest BCUT2D eigenvalue weighted by atomic mass is 16.6. The van der Waals surface area contributed by atoms with Crippen LogP contribution in [0.4, 0.5) is 0 Å². The minimum Gasteiger partial charge on any atom is -0.462 e. The van der Waals surface area contributed by atoms with Crippen LogP contribution >= 0.6 is 0 Å². The van der Waals surface area contributed by atoms with Gasteiger partial charge >= 0.3 is 5.97 Å². The molecule has 7 heteroatoms. The Kier molecular flexibility index (Phi) is 36.5. The smallest absolute Gasteiger partial charge is 0.306 e. The van der Waals surface area contributed by atoms with Crippen molar-refractivity contribution in [2.75, 3.05) is 33.9 Å². The zero-order chi connectivity index (χ0) is 36.8. The van der Waals surface area contributed by atoms with E-state index in [9.17, 15) is 4.79 Å². The molecule has 0 aliphatic rings. The quantitative estimate of drug-likeness (QED) is 0.0212. The largest absolute Gasteiger partial charge is 0.462 e. The molecule has 2 atom stereocenters. The predicted molar refractivity (Wildman–Crippen MR) is 216 cm³/mol. The fraction of sp³-hybridized carbons (Fsp3) is 0.837. The average Bonchev–Trinajstić information content (AvgIpc) is 3.07. The summed E-state index contributed by atoms with van der Waals surface area (Å²) in [5.41, 5.74) is 0. The maximum atomic E-state index is 12.9. The first kappa shape index (κ1) is 47.8. The molecule has 0 aliphatic carbocycles. The molecular weight excluding hydrogens is 622 g/mol. The molecule has 0 spiro atoms. The number of esters is 1. The van der Waals surface area contributed by atoms with Gasteiger partial charge in [-0.1, -0.05) is 127 Å². The van der Waals surface area contributed by atoms with E-state index >= 15 is 0 Å². The van der Waals surface area contributed by atoms with Crippen LogP contribution in [0.1, 0.15) is 182 Å². The summed E-state index contributed by atoms with van der Waals surface area (Å²) in [6.07, 6.45) is 39.4. The van der Waals surface area contributed by atoms with Crippen molar-refractivity contribution in [3.05, 3.63) is 24.3 Å². The molecule has 292 valence electrons. The van der Waals surface area contributed by atoms with E-state index in [4.69, 9.17) is 14.4 Å². The number of rotatable bonds is 37. The monoisotopic (exact) mass is 704 g/mol. The number of oxime groups is 2. The van der Waals surface area contributed by atoms with E-state index in [-0.39, 0.29) is 12.1 Å². The van der Waals surface area contributed by atoms with Crippen LogP contribution in [0, 0.1) is 11.8 Å². The number of nitrogens with zero attached hydrogens (tertiary/aromatic N) is 3. The van der Waals surface area contributed by atoms with E-state index < -0.39 is 0 Å². The van der Waals surface area contributed by atoms with Gasteiger partial charge in [-0.3, -0.25) is 4.79 Å². The minimum absolute atomic E-state index is 0.00382. The number of hydrogen-bond acceptors (Lipinski definition) is 7. The molecular formula is C43H81N3O4. The summed E-state index contributed by atoms with van der Waals surface area (Å²) >= 11 is 0. The van der Waals surface area contributed by atoms with E-state index in [1.54, 1.807) is 0 Å². The Morgan fingerprint density at radius 2 is 1.06 bits per heavy atom. The van der Waals surface area contributed by atoms with Gasteiger partial charge in [0.05, 0.1) is 0 Å². The number of carbonyl (C=O) groups excluding carboxylic acids is 1. The molecule has 0 heterocycles. The van der Waals surface area contributed by atoms with Crippen molar-refractivity contribution in [1.29, 1.82) is 0 Å². The van der Waals surface area contributed by atoms with Crippen molar-refractivity contribution < 1.29 is 19.2 Å². The molecule has 2 unspecified atom stereocenters. The first-order chi connectivity index (χ1) is 24.4. The van der Waals surface area contributed by atoms with Gasteiger partial charge in [0.1, 0.15) is 19.3 Å². The third-order valence-corrected chi connectivity index (χ3v) is 8.94. The molecule has 0 N–H and O–H groups in total. The number of carbonyl (C=O) groups is 1. The number of hydrogen-bond donors (Lipinski definition) is 0. The topological polar surface area (TPSA) is 72.7 Å². The summed E-state index contributed by atoms with van der Waals surface area (Å²) in [5, 5.41) is 8.13. The molecule has 0 aromatic heterocycles. The van der Waals surface area contributed by atoms with Crippen LogP contribution in [0.3, 0.4) is 0 Å². The van der Waals surface area contributed by atoms with Gasteiger partial charge in [-0.25, -0.2) is 0 Å². The van der Waals surface area contributed by atoms with Crippen molar-refractivity contribution in [1.82, 2.24) is 4.90 Å². The highest BCUT2D eigenvalue weighted by molar-refractivity contribution is 5.69. The lowest BCUT2D eigenvalue weighted by Crippen LogP contribution is -2.23. The second kappa shape index (κ2) is 38.1. The number of allylic oxidation sites excluding steroid dienone is 2. The van der Waals surface area contributed by atoms with Gasteiger partial charge in [0, 0.05) is 25.4 Å². The third kappa shape index (κ3) is 37.1. The third-order valence-electron chi connectivity index (χ3n) is 8.94. The highest BCUT2D eigenvalue weighted by Crippen LogP contribution is 2.21. The molecule has 0 amide bonds. The predicted octanol–water partition coefficient (Wildman–Crippen LogP) is 12.3. The van der Waals surface area contributed by atoms with Crippen LogP contribution in [-0.4, -0.2) is 63.3 Å². The van der Waals surface area contributed by atoms with Crippen molar-refractivity contribution in [3.8, 4) is 0 Å². The van der Waals surface area contributed by atoms with Crippen LogP contribution in [-0.2, 0) is 19.2 Å². The molecule has 0 saturated carbocycles. The van der Waals surface area contributed by atoms with Gasteiger partial charge in [0.15, 0.2) is 0 Å². The summed E-state index contributed by atoms with van der Waals surface area (Å²) in [5.74, 6) is 0.928. The normalized spacial score (nSPS) is 14.1. The van der Waals surface area contributed by atoms with Crippen LogP contribution in [0.2, 0.25) is 0 Å². The van der Waals surface area contributed by atoms with E-state index in [2.05, 4.69) is 81.3 Å². The Morgan fingerprint density at radius 3 is 1.52 bits per heavy atom. The summed E-state index contributed by atoms with van der Waals surface area (Å²) in [6.45, 7) is 11.1. The van der Waals surface area contributed by atoms with Crippen molar-refractivity contribution >= 4 is 18.4 Å². The fourth-order valence-electron chi connectivity index (χ4n) is 6.28. The average molecular weight is 704 g/mol. The van der Waals surface area contributed by atoms with Crippen molar-refractivity contribution in [2.24, 2.45) is 22.1 Å². The zero-order valence-electron chi connectivity index (χ0n) is 33.8. The molecule has 0 aliphatic heterocycles. The Hall–Kier alpha value is -2.15. The van der Waals surface area contributed by atoms with Gasteiger partial charge < -0.3 is 19.3 Å². The first-order valence-electron chi connectivity index (χ1n) is 20.8. The lowest BCUT2D eigenvalue weighted by molar-refractivity contribution is -0.151. The van der Waals surface area contributed by atoms with Crippen LogP contribution in [0.5, 0.6) is 0 Å². The molecule has 50 heavy (non-hydrogen) atoms. The molecule has 0 aromatic rings. The number of unbranched alkanes of at least 4 members (excludes halogenated alkanes) is 16. The highest BCUT2D eigenvalue weighted by Gasteiger charge is 2.18. The van der Waals surface area contributed by atoms with Gasteiger partial charge in [0.25, 0.3) is 0 Å². The summed E-state index contributed by atoms with van der Waals surface area (Å²) in [6, 6.07) is 0. The summed E-state index contributed by atoms with van der Waals surface area (Å²) < 4.78 is 6.12. The molecule has 0 radical (unpaired) electrons. The number of ether oxygens (including phenoxy) is 1. The van der Waals surface area contributed by atoms with Gasteiger partial charge in [-0.2, -0.15) is 0 Å². The maximum absolute atomic E-state index is 12.9. The maximum Gasteiger partial charge on any atom is 0.306 e. The van der Waals surface area contributed by atoms with Gasteiger partial charge in [-0.05, 0) is 109 Å². The molecule has 0 fully saturated rings. The minimum atomic E-state index is -0.00382. The Balaban J connectivity index is 4.27. The van der Waals surface area contributed by atoms with Crippen LogP contribution < -0.4 is 0 Å². The lowest BCUT2D eigenvalue weighted by Gasteiger charge is -2.22. The Labute approximate surface area is 310 Å². The van der Waals surface area contributed by atoms with Gasteiger partial charge in [0.2, 0.25) is 0 Å². The second-order valence-electron chi connectivity index (χ2n) is 14.8. The van der Waals surface area contributed by atoms with E-state index in [0.717, 1.165) is 77.2 Å². The van der Waals surface area contributed by atoms with E-state index in [0.29, 0.717) is 31.5 Å². The van der Waals surface area contributed by atoms with E-state index in [1.165, 1.54) is 77.0 Å². The zero-order valence-corrected chi connectivity index (χ0v) is 33.8. The Bertz CT molecular complexity index is 794. The molecule has 0 bridgehead atoms. The standard InChI is InChI=1S/C43H81N3O4/c1-7-9-11-23-29-35-48-44-33-27-21-17-13-15-19-25-31-42(50-43(47)38-40(3)37-41(4)39-46(5)6)32-26-20-16-14-18-22-28-34-45-49-36-30-24-12-10-8-2/h23-24,29-30,33-34,40-42H,7-22,25-28,31-32,35-39H2,1-6H3. The van der Waals surface area contributed by atoms with Crippen LogP contribution in [0.25, 0.3) is 0 Å². The second-order valence-corrected chi connectivity index (χ2v) is 14.8. The summed E-state index contributed by atoms with van der Waals surface area (Å²) in [4.78, 5) is 25.7. The fourth-order valence-corrected chi connectivity index (χ4v) is 6.28. The Morgan fingerprint density at radius 1 is 0.600 bits per heavy atom. The molecule has 0 aromatic carbocycles. The first-order valence-corrected chi connectivity index (χ1v) is 20.8. The van der Waals surface area contributed by atoms with Crippen molar-refractivity contribution in [3.63, 3.8) is 0 Å². The molecule has 7 nitrogen and oxygen atoms in total. The summed E-state index contributed by atoms with van der Waals surface area (Å²) in [7, 11) is 4.23. The van der Waals surface area contributed by atoms with Crippen molar-refractivity contribution in [2.45, 2.75) is 188 Å².